The maximum Gasteiger partial charge on any atom is 0.421 e. The second kappa shape index (κ2) is 10.3. The first-order valence-electron chi connectivity index (χ1n) is 12.4. The molecule has 0 saturated heterocycles. The molecule has 0 spiro atoms. The molecule has 13 heteroatoms. The van der Waals surface area contributed by atoms with Crippen LogP contribution in [0.25, 0.3) is 11.0 Å². The minimum absolute atomic E-state index is 0.0858. The molecule has 10 nitrogen and oxygen atoms in total. The summed E-state index contributed by atoms with van der Waals surface area (Å²) >= 11 is 0. The number of benzene rings is 1. The summed E-state index contributed by atoms with van der Waals surface area (Å²) in [6.07, 6.45) is -1.10. The van der Waals surface area contributed by atoms with Gasteiger partial charge in [-0.15, -0.1) is 0 Å². The van der Waals surface area contributed by atoms with Gasteiger partial charge in [-0.05, 0) is 44.0 Å². The fourth-order valence-electron chi connectivity index (χ4n) is 4.78. The number of hydrogen-bond donors (Lipinski definition) is 2. The van der Waals surface area contributed by atoms with E-state index in [2.05, 4.69) is 20.6 Å². The van der Waals surface area contributed by atoms with Gasteiger partial charge >= 0.3 is 6.18 Å². The lowest BCUT2D eigenvalue weighted by Gasteiger charge is -2.35. The van der Waals surface area contributed by atoms with Gasteiger partial charge in [0.25, 0.3) is 5.56 Å². The van der Waals surface area contributed by atoms with Crippen LogP contribution in [0, 0.1) is 6.92 Å². The van der Waals surface area contributed by atoms with Crippen LogP contribution in [0.3, 0.4) is 0 Å². The summed E-state index contributed by atoms with van der Waals surface area (Å²) in [5.74, 6) is 1.34. The van der Waals surface area contributed by atoms with Crippen molar-refractivity contribution in [3.8, 4) is 11.5 Å². The maximum atomic E-state index is 13.8. The van der Waals surface area contributed by atoms with E-state index in [1.165, 1.54) is 26.4 Å². The molecule has 1 amide bonds. The van der Waals surface area contributed by atoms with Gasteiger partial charge in [0.05, 0.1) is 22.8 Å². The van der Waals surface area contributed by atoms with Gasteiger partial charge in [-0.2, -0.15) is 13.2 Å². The summed E-state index contributed by atoms with van der Waals surface area (Å²) in [6.45, 7) is 3.22. The first-order chi connectivity index (χ1) is 18.9. The van der Waals surface area contributed by atoms with Gasteiger partial charge in [-0.1, -0.05) is 0 Å². The van der Waals surface area contributed by atoms with Crippen LogP contribution in [0.5, 0.6) is 11.5 Å². The van der Waals surface area contributed by atoms with E-state index in [0.29, 0.717) is 41.2 Å². The number of alkyl halides is 3. The summed E-state index contributed by atoms with van der Waals surface area (Å²) in [6, 6.07) is 7.13. The molecule has 1 fully saturated rings. The molecule has 3 aromatic heterocycles. The van der Waals surface area contributed by atoms with Crippen LogP contribution in [0.2, 0.25) is 0 Å². The molecule has 5 rings (SSSR count). The molecule has 1 aliphatic rings. The third-order valence-electron chi connectivity index (χ3n) is 6.90. The average Bonchev–Trinajstić information content (AvgIpc) is 3.16. The number of imidazole rings is 1. The molecule has 0 unspecified atom stereocenters. The van der Waals surface area contributed by atoms with Gasteiger partial charge in [0.2, 0.25) is 11.9 Å². The number of hydrogen-bond acceptors (Lipinski definition) is 7. The predicted octanol–water partition coefficient (Wildman–Crippen LogP) is 5.30. The number of aromatic nitrogens is 4. The number of amides is 1. The molecule has 0 radical (unpaired) electrons. The van der Waals surface area contributed by atoms with Crippen molar-refractivity contribution in [1.29, 1.82) is 0 Å². The number of carbonyl (C=O) groups is 1. The Morgan fingerprint density at radius 1 is 1.18 bits per heavy atom. The number of methoxy groups -OCH3 is 1. The number of fused-ring (bicyclic) bond motifs is 1. The highest BCUT2D eigenvalue weighted by atomic mass is 19.4. The Balaban J connectivity index is 1.47. The van der Waals surface area contributed by atoms with Gasteiger partial charge in [0.1, 0.15) is 22.9 Å². The zero-order valence-electron chi connectivity index (χ0n) is 22.2. The Bertz CT molecular complexity index is 1660. The molecule has 1 aliphatic carbocycles. The second-order valence-corrected chi connectivity index (χ2v) is 9.67. The molecular weight excluding hydrogens is 529 g/mol. The van der Waals surface area contributed by atoms with Gasteiger partial charge in [-0.25, -0.2) is 9.97 Å². The zero-order valence-corrected chi connectivity index (χ0v) is 22.2. The monoisotopic (exact) mass is 556 g/mol. The van der Waals surface area contributed by atoms with Crippen LogP contribution >= 0.6 is 0 Å². The summed E-state index contributed by atoms with van der Waals surface area (Å²) in [7, 11) is 3.26. The Kier molecular flexibility index (Phi) is 7.00. The van der Waals surface area contributed by atoms with Crippen molar-refractivity contribution >= 4 is 34.4 Å². The summed E-state index contributed by atoms with van der Waals surface area (Å²) < 4.78 is 55.4. The number of nitrogens with zero attached hydrogens (tertiary/aromatic N) is 4. The highest BCUT2D eigenvalue weighted by Gasteiger charge is 2.38. The molecule has 4 aromatic rings. The fourth-order valence-corrected chi connectivity index (χ4v) is 4.78. The molecule has 0 aliphatic heterocycles. The fraction of sp³-hybridized carbons (Fsp3) is 0.333. The average molecular weight is 557 g/mol. The first-order valence-corrected chi connectivity index (χ1v) is 12.4. The number of nitrogens with one attached hydrogen (secondary N) is 2. The van der Waals surface area contributed by atoms with E-state index in [9.17, 15) is 22.8 Å². The van der Waals surface area contributed by atoms with Crippen LogP contribution in [-0.4, -0.2) is 38.2 Å². The van der Waals surface area contributed by atoms with E-state index in [1.54, 1.807) is 35.9 Å². The van der Waals surface area contributed by atoms with E-state index in [4.69, 9.17) is 9.47 Å². The van der Waals surface area contributed by atoms with Crippen molar-refractivity contribution < 1.29 is 27.4 Å². The number of halogens is 3. The Labute approximate surface area is 226 Å². The van der Waals surface area contributed by atoms with E-state index < -0.39 is 17.3 Å². The molecule has 1 aromatic carbocycles. The lowest BCUT2D eigenvalue weighted by atomic mass is 9.89. The third-order valence-corrected chi connectivity index (χ3v) is 6.90. The predicted molar refractivity (Wildman–Crippen MR) is 142 cm³/mol. The number of pyridine rings is 2. The first kappa shape index (κ1) is 27.2. The van der Waals surface area contributed by atoms with E-state index in [-0.39, 0.29) is 29.7 Å². The van der Waals surface area contributed by atoms with Gasteiger partial charge < -0.3 is 29.2 Å². The second-order valence-electron chi connectivity index (χ2n) is 9.67. The number of carbonyl (C=O) groups excluding carboxylic acids is 1. The van der Waals surface area contributed by atoms with Gasteiger partial charge in [0.15, 0.2) is 0 Å². The molecule has 0 atom stereocenters. The van der Waals surface area contributed by atoms with Crippen LogP contribution in [0.4, 0.5) is 30.6 Å². The van der Waals surface area contributed by atoms with Crippen LogP contribution < -0.4 is 20.9 Å². The lowest BCUT2D eigenvalue weighted by molar-refractivity contribution is -0.139. The number of rotatable bonds is 7. The Hall–Kier alpha value is -4.39. The quantitative estimate of drug-likeness (QED) is 0.318. The number of ether oxygens (including phenoxy) is 2. The Morgan fingerprint density at radius 3 is 2.60 bits per heavy atom. The standard InChI is InChI=1S/C27H27F3N6O4/c1-14-22(40-18-7-8-31-23(12-18)32-15(2)37)6-5-21-24(14)35(3)26(34-21)33-16-9-20(27(28,29)30)25(38)36(13-16)17-10-19(11-17)39-4/h5-9,12-13,17,19H,10-11H2,1-4H3,(H,33,34)(H,31,32,37)/t17-,19+. The molecule has 2 N–H and O–H groups in total. The third kappa shape index (κ3) is 5.24. The normalized spacial score (nSPS) is 17.0. The van der Waals surface area contributed by atoms with E-state index in [0.717, 1.165) is 16.2 Å². The lowest BCUT2D eigenvalue weighted by Crippen LogP contribution is -2.39. The number of anilines is 3. The summed E-state index contributed by atoms with van der Waals surface area (Å²) in [5.41, 5.74) is -0.225. The molecule has 1 saturated carbocycles. The van der Waals surface area contributed by atoms with Gasteiger partial charge in [0, 0.05) is 51.1 Å². The SMILES string of the molecule is CO[C@H]1C[C@@H](n2cc(Nc3nc4ccc(Oc5ccnc(NC(C)=O)c5)c(C)c4n3C)cc(C(F)(F)F)c2=O)C1. The van der Waals surface area contributed by atoms with Gasteiger partial charge in [-0.3, -0.25) is 9.59 Å². The number of aryl methyl sites for hydroxylation is 2. The minimum Gasteiger partial charge on any atom is -0.457 e. The van der Waals surface area contributed by atoms with Crippen molar-refractivity contribution in [2.75, 3.05) is 17.7 Å². The van der Waals surface area contributed by atoms with Crippen LogP contribution in [-0.2, 0) is 22.8 Å². The van der Waals surface area contributed by atoms with Crippen molar-refractivity contribution in [3.63, 3.8) is 0 Å². The Morgan fingerprint density at radius 2 is 1.93 bits per heavy atom. The van der Waals surface area contributed by atoms with E-state index >= 15 is 0 Å². The minimum atomic E-state index is -4.82. The van der Waals surface area contributed by atoms with Crippen molar-refractivity contribution in [2.45, 2.75) is 45.0 Å². The van der Waals surface area contributed by atoms with Crippen molar-refractivity contribution in [2.24, 2.45) is 7.05 Å². The van der Waals surface area contributed by atoms with E-state index in [1.807, 2.05) is 6.92 Å². The summed E-state index contributed by atoms with van der Waals surface area (Å²) in [5, 5.41) is 5.56. The van der Waals surface area contributed by atoms with Crippen molar-refractivity contribution in [1.82, 2.24) is 19.1 Å². The molecular formula is C27H27F3N6O4. The highest BCUT2D eigenvalue weighted by Crippen LogP contribution is 2.37. The smallest absolute Gasteiger partial charge is 0.421 e. The maximum absolute atomic E-state index is 13.8. The van der Waals surface area contributed by atoms with Crippen LogP contribution in [0.1, 0.15) is 36.9 Å². The van der Waals surface area contributed by atoms with Crippen LogP contribution in [0.15, 0.2) is 47.5 Å². The highest BCUT2D eigenvalue weighted by molar-refractivity contribution is 5.88. The summed E-state index contributed by atoms with van der Waals surface area (Å²) in [4.78, 5) is 32.7. The molecule has 3 heterocycles. The zero-order chi connectivity index (χ0) is 28.8. The largest absolute Gasteiger partial charge is 0.457 e. The molecule has 40 heavy (non-hydrogen) atoms. The topological polar surface area (TPSA) is 112 Å². The van der Waals surface area contributed by atoms with Crippen molar-refractivity contribution in [3.05, 3.63) is 64.2 Å². The molecule has 210 valence electrons. The molecule has 0 bridgehead atoms.